The number of ether oxygens (including phenoxy) is 1. The van der Waals surface area contributed by atoms with Crippen LogP contribution in [0.2, 0.25) is 0 Å². The zero-order valence-corrected chi connectivity index (χ0v) is 15.6. The van der Waals surface area contributed by atoms with Crippen LogP contribution < -0.4 is 10.6 Å². The Morgan fingerprint density at radius 3 is 2.48 bits per heavy atom. The van der Waals surface area contributed by atoms with Gasteiger partial charge in [-0.25, -0.2) is 4.79 Å². The van der Waals surface area contributed by atoms with Gasteiger partial charge in [0.05, 0.1) is 6.54 Å². The standard InChI is InChI=1S/C19H24N2O3S/c1-13(2)17(18(22)20-11-16-14(3)9-10-25-16)21-19(23)24-12-15-7-5-4-6-8-15/h4-10,13,17H,11-12H2,1-3H3,(H,20,22)(H,21,23)/t17-/m0/s1. The van der Waals surface area contributed by atoms with E-state index in [0.29, 0.717) is 6.54 Å². The summed E-state index contributed by atoms with van der Waals surface area (Å²) in [6.45, 7) is 6.42. The first-order valence-electron chi connectivity index (χ1n) is 8.25. The van der Waals surface area contributed by atoms with Crippen LogP contribution in [0.15, 0.2) is 41.8 Å². The quantitative estimate of drug-likeness (QED) is 0.792. The fourth-order valence-electron chi connectivity index (χ4n) is 2.29. The molecule has 2 rings (SSSR count). The van der Waals surface area contributed by atoms with Crippen molar-refractivity contribution in [3.63, 3.8) is 0 Å². The molecule has 134 valence electrons. The third kappa shape index (κ3) is 5.90. The highest BCUT2D eigenvalue weighted by Crippen LogP contribution is 2.15. The van der Waals surface area contributed by atoms with Crippen molar-refractivity contribution in [2.75, 3.05) is 0 Å². The molecule has 0 radical (unpaired) electrons. The third-order valence-electron chi connectivity index (χ3n) is 3.83. The van der Waals surface area contributed by atoms with E-state index in [1.54, 1.807) is 11.3 Å². The summed E-state index contributed by atoms with van der Waals surface area (Å²) in [5.41, 5.74) is 2.05. The van der Waals surface area contributed by atoms with Crippen LogP contribution >= 0.6 is 11.3 Å². The molecule has 1 atom stereocenters. The fraction of sp³-hybridized carbons (Fsp3) is 0.368. The van der Waals surface area contributed by atoms with Crippen LogP contribution in [0, 0.1) is 12.8 Å². The molecule has 0 aliphatic rings. The number of hydrogen-bond acceptors (Lipinski definition) is 4. The van der Waals surface area contributed by atoms with Crippen LogP contribution in [0.1, 0.15) is 29.9 Å². The van der Waals surface area contributed by atoms with Crippen LogP contribution in [0.3, 0.4) is 0 Å². The van der Waals surface area contributed by atoms with Gasteiger partial charge in [0.25, 0.3) is 0 Å². The number of alkyl carbamates (subject to hydrolysis) is 1. The Balaban J connectivity index is 1.85. The number of nitrogens with one attached hydrogen (secondary N) is 2. The van der Waals surface area contributed by atoms with Gasteiger partial charge in [0.1, 0.15) is 12.6 Å². The van der Waals surface area contributed by atoms with Crippen molar-refractivity contribution in [1.82, 2.24) is 10.6 Å². The Morgan fingerprint density at radius 2 is 1.88 bits per heavy atom. The summed E-state index contributed by atoms with van der Waals surface area (Å²) < 4.78 is 5.20. The number of thiophene rings is 1. The Labute approximate surface area is 152 Å². The van der Waals surface area contributed by atoms with Crippen molar-refractivity contribution >= 4 is 23.3 Å². The van der Waals surface area contributed by atoms with Crippen LogP contribution in [-0.4, -0.2) is 18.0 Å². The molecule has 1 heterocycles. The van der Waals surface area contributed by atoms with E-state index in [2.05, 4.69) is 10.6 Å². The topological polar surface area (TPSA) is 67.4 Å². The van der Waals surface area contributed by atoms with Gasteiger partial charge in [-0.15, -0.1) is 11.3 Å². The molecule has 1 aromatic heterocycles. The molecule has 2 aromatic rings. The van der Waals surface area contributed by atoms with E-state index < -0.39 is 12.1 Å². The zero-order valence-electron chi connectivity index (χ0n) is 14.7. The maximum Gasteiger partial charge on any atom is 0.408 e. The molecule has 2 N–H and O–H groups in total. The first kappa shape index (κ1) is 19.0. The van der Waals surface area contributed by atoms with E-state index >= 15 is 0 Å². The summed E-state index contributed by atoms with van der Waals surface area (Å²) in [6.07, 6.45) is -0.593. The lowest BCUT2D eigenvalue weighted by Crippen LogP contribution is -2.49. The van der Waals surface area contributed by atoms with E-state index in [1.165, 1.54) is 0 Å². The van der Waals surface area contributed by atoms with E-state index in [1.807, 2.05) is 62.5 Å². The predicted octanol–water partition coefficient (Wildman–Crippen LogP) is 3.62. The van der Waals surface area contributed by atoms with Gasteiger partial charge in [-0.05, 0) is 35.4 Å². The lowest BCUT2D eigenvalue weighted by molar-refractivity contribution is -0.124. The third-order valence-corrected chi connectivity index (χ3v) is 4.85. The van der Waals surface area contributed by atoms with Crippen LogP contribution in [0.5, 0.6) is 0 Å². The number of rotatable bonds is 7. The molecule has 0 saturated heterocycles. The zero-order chi connectivity index (χ0) is 18.2. The number of aryl methyl sites for hydroxylation is 1. The molecule has 2 amide bonds. The molecular weight excluding hydrogens is 336 g/mol. The highest BCUT2D eigenvalue weighted by molar-refractivity contribution is 7.10. The molecule has 0 saturated carbocycles. The molecule has 0 bridgehead atoms. The molecule has 0 aliphatic carbocycles. The molecule has 5 nitrogen and oxygen atoms in total. The smallest absolute Gasteiger partial charge is 0.408 e. The number of hydrogen-bond donors (Lipinski definition) is 2. The number of amides is 2. The summed E-state index contributed by atoms with van der Waals surface area (Å²) >= 11 is 1.60. The van der Waals surface area contributed by atoms with Crippen molar-refractivity contribution in [2.45, 2.75) is 40.0 Å². The highest BCUT2D eigenvalue weighted by Gasteiger charge is 2.24. The van der Waals surface area contributed by atoms with E-state index in [-0.39, 0.29) is 18.4 Å². The maximum atomic E-state index is 12.4. The van der Waals surface area contributed by atoms with Crippen molar-refractivity contribution < 1.29 is 14.3 Å². The van der Waals surface area contributed by atoms with Gasteiger partial charge in [0.15, 0.2) is 0 Å². The molecule has 0 spiro atoms. The molecule has 6 heteroatoms. The SMILES string of the molecule is Cc1ccsc1CNC(=O)[C@@H](NC(=O)OCc1ccccc1)C(C)C. The number of carbonyl (C=O) groups is 2. The lowest BCUT2D eigenvalue weighted by atomic mass is 10.0. The van der Waals surface area contributed by atoms with Gasteiger partial charge in [0.2, 0.25) is 5.91 Å². The molecule has 25 heavy (non-hydrogen) atoms. The van der Waals surface area contributed by atoms with E-state index in [0.717, 1.165) is 16.0 Å². The first-order valence-corrected chi connectivity index (χ1v) is 9.13. The summed E-state index contributed by atoms with van der Waals surface area (Å²) in [6, 6.07) is 10.8. The average molecular weight is 360 g/mol. The molecule has 0 unspecified atom stereocenters. The number of carbonyl (C=O) groups excluding carboxylic acids is 2. The van der Waals surface area contributed by atoms with Crippen LogP contribution in [0.25, 0.3) is 0 Å². The predicted molar refractivity (Wildman–Crippen MR) is 99.3 cm³/mol. The van der Waals surface area contributed by atoms with Gasteiger partial charge >= 0.3 is 6.09 Å². The molecule has 1 aromatic carbocycles. The van der Waals surface area contributed by atoms with Crippen LogP contribution in [-0.2, 0) is 22.7 Å². The fourth-order valence-corrected chi connectivity index (χ4v) is 3.14. The van der Waals surface area contributed by atoms with Gasteiger partial charge < -0.3 is 15.4 Å². The van der Waals surface area contributed by atoms with Crippen molar-refractivity contribution in [3.8, 4) is 0 Å². The second kappa shape index (κ2) is 9.22. The second-order valence-corrected chi connectivity index (χ2v) is 7.17. The summed E-state index contributed by atoms with van der Waals surface area (Å²) in [7, 11) is 0. The molecule has 0 aliphatic heterocycles. The Hall–Kier alpha value is -2.34. The minimum Gasteiger partial charge on any atom is -0.445 e. The van der Waals surface area contributed by atoms with Crippen LogP contribution in [0.4, 0.5) is 4.79 Å². The van der Waals surface area contributed by atoms with E-state index in [9.17, 15) is 9.59 Å². The monoisotopic (exact) mass is 360 g/mol. The Morgan fingerprint density at radius 1 is 1.16 bits per heavy atom. The van der Waals surface area contributed by atoms with E-state index in [4.69, 9.17) is 4.74 Å². The van der Waals surface area contributed by atoms with Crippen molar-refractivity contribution in [1.29, 1.82) is 0 Å². The number of benzene rings is 1. The van der Waals surface area contributed by atoms with Gasteiger partial charge in [-0.3, -0.25) is 4.79 Å². The minimum atomic E-state index is -0.636. The molecule has 0 fully saturated rings. The summed E-state index contributed by atoms with van der Waals surface area (Å²) in [5, 5.41) is 7.55. The Bertz CT molecular complexity index is 698. The maximum absolute atomic E-state index is 12.4. The molecular formula is C19H24N2O3S. The summed E-state index contributed by atoms with van der Waals surface area (Å²) in [5.74, 6) is -0.256. The largest absolute Gasteiger partial charge is 0.445 e. The average Bonchev–Trinajstić information content (AvgIpc) is 3.01. The lowest BCUT2D eigenvalue weighted by Gasteiger charge is -2.21. The van der Waals surface area contributed by atoms with Gasteiger partial charge in [-0.2, -0.15) is 0 Å². The second-order valence-electron chi connectivity index (χ2n) is 6.17. The van der Waals surface area contributed by atoms with Gasteiger partial charge in [0, 0.05) is 4.88 Å². The Kier molecular flexibility index (Phi) is 7.01. The van der Waals surface area contributed by atoms with Crippen molar-refractivity contribution in [2.24, 2.45) is 5.92 Å². The highest BCUT2D eigenvalue weighted by atomic mass is 32.1. The normalized spacial score (nSPS) is 11.8. The van der Waals surface area contributed by atoms with Gasteiger partial charge in [-0.1, -0.05) is 44.2 Å². The minimum absolute atomic E-state index is 0.0475. The van der Waals surface area contributed by atoms with Crippen molar-refractivity contribution in [3.05, 3.63) is 57.8 Å². The summed E-state index contributed by atoms with van der Waals surface area (Å²) in [4.78, 5) is 25.5. The first-order chi connectivity index (χ1) is 12.0.